The second kappa shape index (κ2) is 25.6. The first-order chi connectivity index (χ1) is 29.4. The fourth-order valence-corrected chi connectivity index (χ4v) is 9.13. The van der Waals surface area contributed by atoms with E-state index >= 15 is 0 Å². The van der Waals surface area contributed by atoms with Crippen molar-refractivity contribution >= 4 is 35.4 Å². The molecular formula is C49H82N4O10. The second-order valence-corrected chi connectivity index (χ2v) is 19.6. The number of rotatable bonds is 26. The Morgan fingerprint density at radius 3 is 1.97 bits per heavy atom. The summed E-state index contributed by atoms with van der Waals surface area (Å²) in [6, 6.07) is 7.86. The maximum Gasteiger partial charge on any atom is 0.410 e. The molecular weight excluding hydrogens is 805 g/mol. The number of aliphatic carboxylic acids is 1. The Morgan fingerprint density at radius 1 is 0.841 bits per heavy atom. The number of hydrogen-bond acceptors (Lipinski definition) is 10. The Morgan fingerprint density at radius 2 is 1.46 bits per heavy atom. The molecule has 14 heteroatoms. The molecule has 1 aliphatic rings. The second-order valence-electron chi connectivity index (χ2n) is 19.6. The summed E-state index contributed by atoms with van der Waals surface area (Å²) >= 11 is 0. The molecule has 0 bridgehead atoms. The zero-order chi connectivity index (χ0) is 47.9. The van der Waals surface area contributed by atoms with Crippen molar-refractivity contribution in [1.29, 1.82) is 0 Å². The van der Waals surface area contributed by atoms with Gasteiger partial charge in [-0.3, -0.25) is 28.9 Å². The van der Waals surface area contributed by atoms with Crippen molar-refractivity contribution in [2.24, 2.45) is 35.5 Å². The van der Waals surface area contributed by atoms with Gasteiger partial charge in [0, 0.05) is 72.6 Å². The van der Waals surface area contributed by atoms with E-state index in [0.717, 1.165) is 5.56 Å². The van der Waals surface area contributed by atoms with Crippen molar-refractivity contribution in [2.75, 3.05) is 55.0 Å². The lowest BCUT2D eigenvalue weighted by molar-refractivity contribution is -0.149. The first-order valence-corrected chi connectivity index (χ1v) is 23.0. The Balaban J connectivity index is 2.26. The summed E-state index contributed by atoms with van der Waals surface area (Å²) in [5.74, 6) is -4.14. The SMILES string of the molecule is CC[C@H](C)[C@@H]([C@@H](CC(=O)N1CCC[C@H]1[C@H](OC)[C@@H](C)C(=O)C[C@@H](Cc1ccccc1)C(=O)O)OC)N(C)C(=O)[C@@H](CC(=O)[C@H](C(C)C)N(C)CCN(C)C(=O)OC(C)(C)C)C(C)C. The number of carbonyl (C=O) groups is 6. The molecule has 0 aromatic heterocycles. The van der Waals surface area contributed by atoms with Crippen LogP contribution < -0.4 is 0 Å². The summed E-state index contributed by atoms with van der Waals surface area (Å²) in [6.45, 7) is 20.4. The van der Waals surface area contributed by atoms with Gasteiger partial charge in [0.2, 0.25) is 11.8 Å². The predicted octanol–water partition coefficient (Wildman–Crippen LogP) is 6.86. The molecule has 2 rings (SSSR count). The van der Waals surface area contributed by atoms with Crippen LogP contribution in [0.15, 0.2) is 30.3 Å². The molecule has 0 saturated carbocycles. The molecule has 1 fully saturated rings. The highest BCUT2D eigenvalue weighted by atomic mass is 16.6. The van der Waals surface area contributed by atoms with E-state index in [1.54, 1.807) is 37.9 Å². The van der Waals surface area contributed by atoms with Gasteiger partial charge in [-0.2, -0.15) is 0 Å². The number of ketones is 2. The summed E-state index contributed by atoms with van der Waals surface area (Å²) in [6.07, 6.45) is 0.385. The molecule has 1 aromatic carbocycles. The number of nitrogens with zero attached hydrogens (tertiary/aromatic N) is 4. The van der Waals surface area contributed by atoms with Gasteiger partial charge in [-0.1, -0.05) is 85.2 Å². The average Bonchev–Trinajstić information content (AvgIpc) is 3.70. The van der Waals surface area contributed by atoms with E-state index in [-0.39, 0.29) is 66.8 Å². The van der Waals surface area contributed by atoms with Crippen molar-refractivity contribution in [3.8, 4) is 0 Å². The molecule has 1 aromatic rings. The van der Waals surface area contributed by atoms with Crippen LogP contribution in [0.5, 0.6) is 0 Å². The lowest BCUT2D eigenvalue weighted by atomic mass is 9.83. The van der Waals surface area contributed by atoms with Gasteiger partial charge in [0.05, 0.1) is 42.7 Å². The van der Waals surface area contributed by atoms with Crippen LogP contribution in [0.4, 0.5) is 4.79 Å². The molecule has 3 amide bonds. The Labute approximate surface area is 378 Å². The Bertz CT molecular complexity index is 1630. The minimum atomic E-state index is -1.04. The fourth-order valence-electron chi connectivity index (χ4n) is 9.13. The fraction of sp³-hybridized carbons (Fsp3) is 0.755. The minimum Gasteiger partial charge on any atom is -0.481 e. The van der Waals surface area contributed by atoms with Gasteiger partial charge in [0.25, 0.3) is 0 Å². The van der Waals surface area contributed by atoms with E-state index in [9.17, 15) is 33.9 Å². The maximum absolute atomic E-state index is 14.6. The molecule has 14 nitrogen and oxygen atoms in total. The third-order valence-electron chi connectivity index (χ3n) is 12.9. The molecule has 1 aliphatic heterocycles. The monoisotopic (exact) mass is 887 g/mol. The van der Waals surface area contributed by atoms with Crippen molar-refractivity contribution < 1.29 is 48.1 Å². The molecule has 1 N–H and O–H groups in total. The summed E-state index contributed by atoms with van der Waals surface area (Å²) in [7, 11) is 8.34. The highest BCUT2D eigenvalue weighted by Gasteiger charge is 2.43. The maximum atomic E-state index is 14.6. The largest absolute Gasteiger partial charge is 0.481 e. The number of hydrogen-bond donors (Lipinski definition) is 1. The van der Waals surface area contributed by atoms with Gasteiger partial charge in [-0.05, 0) is 70.4 Å². The van der Waals surface area contributed by atoms with Gasteiger partial charge in [-0.25, -0.2) is 4.79 Å². The quantitative estimate of drug-likeness (QED) is 0.103. The molecule has 63 heavy (non-hydrogen) atoms. The molecule has 0 unspecified atom stereocenters. The van der Waals surface area contributed by atoms with E-state index in [4.69, 9.17) is 14.2 Å². The van der Waals surface area contributed by atoms with E-state index in [2.05, 4.69) is 0 Å². The molecule has 0 aliphatic carbocycles. The van der Waals surface area contributed by atoms with Crippen molar-refractivity contribution in [1.82, 2.24) is 19.6 Å². The normalized spacial score (nSPS) is 18.3. The number of likely N-dealkylation sites (N-methyl/N-ethyl adjacent to an activating group) is 3. The Kier molecular flexibility index (Phi) is 22.4. The minimum absolute atomic E-state index is 0.0141. The first-order valence-electron chi connectivity index (χ1n) is 23.0. The molecule has 1 heterocycles. The molecule has 1 saturated heterocycles. The number of ether oxygens (including phenoxy) is 3. The topological polar surface area (TPSA) is 163 Å². The van der Waals surface area contributed by atoms with Gasteiger partial charge < -0.3 is 34.0 Å². The summed E-state index contributed by atoms with van der Waals surface area (Å²) in [4.78, 5) is 88.5. The average molecular weight is 887 g/mol. The molecule has 9 atom stereocenters. The zero-order valence-corrected chi connectivity index (χ0v) is 41.2. The van der Waals surface area contributed by atoms with E-state index in [0.29, 0.717) is 38.9 Å². The number of likely N-dealkylation sites (tertiary alicyclic amines) is 1. The lowest BCUT2D eigenvalue weighted by Gasteiger charge is -2.41. The number of methoxy groups -OCH3 is 2. The van der Waals surface area contributed by atoms with Gasteiger partial charge in [-0.15, -0.1) is 0 Å². The number of carboxylic acids is 1. The van der Waals surface area contributed by atoms with Crippen molar-refractivity contribution in [3.63, 3.8) is 0 Å². The van der Waals surface area contributed by atoms with Crippen LogP contribution in [0, 0.1) is 35.5 Å². The Hall–Kier alpha value is -3.88. The van der Waals surface area contributed by atoms with E-state index in [1.807, 2.05) is 105 Å². The molecule has 0 spiro atoms. The van der Waals surface area contributed by atoms with Crippen LogP contribution in [-0.2, 0) is 44.6 Å². The van der Waals surface area contributed by atoms with Gasteiger partial charge >= 0.3 is 12.1 Å². The molecule has 0 radical (unpaired) electrons. The summed E-state index contributed by atoms with van der Waals surface area (Å²) < 4.78 is 17.5. The van der Waals surface area contributed by atoms with Gasteiger partial charge in [0.1, 0.15) is 11.4 Å². The third kappa shape index (κ3) is 16.3. The van der Waals surface area contributed by atoms with Crippen LogP contribution in [-0.4, -0.2) is 151 Å². The number of benzene rings is 1. The van der Waals surface area contributed by atoms with Crippen LogP contribution in [0.3, 0.4) is 0 Å². The zero-order valence-electron chi connectivity index (χ0n) is 41.2. The van der Waals surface area contributed by atoms with Crippen LogP contribution in [0.25, 0.3) is 0 Å². The van der Waals surface area contributed by atoms with Crippen LogP contribution in [0.1, 0.15) is 113 Å². The van der Waals surface area contributed by atoms with E-state index in [1.165, 1.54) is 12.0 Å². The number of amides is 3. The first kappa shape index (κ1) is 55.3. The van der Waals surface area contributed by atoms with Crippen LogP contribution >= 0.6 is 0 Å². The summed E-state index contributed by atoms with van der Waals surface area (Å²) in [5, 5.41) is 10.00. The number of carboxylic acid groups (broad SMARTS) is 1. The third-order valence-corrected chi connectivity index (χ3v) is 12.9. The van der Waals surface area contributed by atoms with Crippen LogP contribution in [0.2, 0.25) is 0 Å². The van der Waals surface area contributed by atoms with Crippen molar-refractivity contribution in [3.05, 3.63) is 35.9 Å². The van der Waals surface area contributed by atoms with Crippen molar-refractivity contribution in [2.45, 2.75) is 150 Å². The smallest absolute Gasteiger partial charge is 0.410 e. The summed E-state index contributed by atoms with van der Waals surface area (Å²) in [5.41, 5.74) is 0.213. The number of Topliss-reactive ketones (excluding diaryl/α,β-unsaturated/α-hetero) is 2. The number of carbonyl (C=O) groups excluding carboxylic acids is 5. The van der Waals surface area contributed by atoms with Gasteiger partial charge in [0.15, 0.2) is 5.78 Å². The highest BCUT2D eigenvalue weighted by molar-refractivity contribution is 5.90. The predicted molar refractivity (Wildman–Crippen MR) is 245 cm³/mol. The molecule has 358 valence electrons. The lowest BCUT2D eigenvalue weighted by Crippen LogP contribution is -2.54. The standard InChI is InChI=1S/C49H82N4O10/c1-16-33(6)44(52(13)46(57)37(31(2)3)29-40(55)43(32(4)5)50(11)25-26-51(12)48(60)63-49(8,9)10)41(61-14)30-42(56)53-24-20-23-38(53)45(62-15)34(7)39(54)28-36(47(58)59)27-35-21-18-17-19-22-35/h17-19,21-22,31-34,36-38,41,43-45H,16,20,23-30H2,1-15H3,(H,58,59)/t33-,34-,36+,37-,38-,41+,43-,44-,45+/m0/s1. The highest BCUT2D eigenvalue weighted by Crippen LogP contribution is 2.32. The van der Waals surface area contributed by atoms with E-state index < -0.39 is 65.8 Å².